The molecule has 1 aromatic heterocycles. The topological polar surface area (TPSA) is 80.3 Å². The molecule has 0 spiro atoms. The highest BCUT2D eigenvalue weighted by atomic mass is 79.9. The van der Waals surface area contributed by atoms with Gasteiger partial charge in [-0.05, 0) is 60.7 Å². The highest BCUT2D eigenvalue weighted by molar-refractivity contribution is 9.10. The number of methoxy groups -OCH3 is 1. The summed E-state index contributed by atoms with van der Waals surface area (Å²) < 4.78 is 6.11. The van der Waals surface area contributed by atoms with Crippen LogP contribution < -0.4 is 15.4 Å². The fourth-order valence-corrected chi connectivity index (χ4v) is 4.67. The van der Waals surface area contributed by atoms with E-state index in [1.807, 2.05) is 53.9 Å². The Labute approximate surface area is 213 Å². The first kappa shape index (κ1) is 24.0. The summed E-state index contributed by atoms with van der Waals surface area (Å²) in [5.74, 6) is 0.624. The molecular weight excluding hydrogens is 534 g/mol. The minimum Gasteiger partial charge on any atom is -0.497 e. The Morgan fingerprint density at radius 1 is 0.971 bits per heavy atom. The number of halogens is 1. The largest absolute Gasteiger partial charge is 0.497 e. The molecule has 0 radical (unpaired) electrons. The number of carbonyl (C=O) groups excluding carboxylic acids is 2. The van der Waals surface area contributed by atoms with Crippen molar-refractivity contribution in [2.45, 2.75) is 4.90 Å². The molecule has 0 atom stereocenters. The highest BCUT2D eigenvalue weighted by Crippen LogP contribution is 2.27. The maximum atomic E-state index is 12.4. The lowest BCUT2D eigenvalue weighted by Gasteiger charge is -2.07. The van der Waals surface area contributed by atoms with Crippen molar-refractivity contribution in [2.75, 3.05) is 23.5 Å². The second-order valence-corrected chi connectivity index (χ2v) is 9.91. The summed E-state index contributed by atoms with van der Waals surface area (Å²) in [6, 6.07) is 22.1. The van der Waals surface area contributed by atoms with Gasteiger partial charge in [0.05, 0.1) is 18.6 Å². The lowest BCUT2D eigenvalue weighted by molar-refractivity contribution is -0.113. The summed E-state index contributed by atoms with van der Waals surface area (Å²) in [5.41, 5.74) is 3.04. The van der Waals surface area contributed by atoms with Gasteiger partial charge in [0, 0.05) is 31.6 Å². The lowest BCUT2D eigenvalue weighted by atomic mass is 10.2. The molecule has 0 aliphatic heterocycles. The zero-order valence-corrected chi connectivity index (χ0v) is 21.3. The van der Waals surface area contributed by atoms with Gasteiger partial charge in [-0.15, -0.1) is 23.1 Å². The quantitative estimate of drug-likeness (QED) is 0.241. The molecule has 0 saturated carbocycles. The molecule has 34 heavy (non-hydrogen) atoms. The van der Waals surface area contributed by atoms with Crippen LogP contribution in [-0.2, 0) is 4.79 Å². The Hall–Kier alpha value is -3.14. The Bertz CT molecular complexity index is 1270. The molecule has 0 aliphatic rings. The third-order valence-electron chi connectivity index (χ3n) is 4.72. The summed E-state index contributed by atoms with van der Waals surface area (Å²) in [6.45, 7) is 0. The van der Waals surface area contributed by atoms with Gasteiger partial charge in [-0.1, -0.05) is 28.1 Å². The van der Waals surface area contributed by atoms with Crippen molar-refractivity contribution in [3.8, 4) is 17.0 Å². The second-order valence-electron chi connectivity index (χ2n) is 7.09. The van der Waals surface area contributed by atoms with Crippen LogP contribution in [0.5, 0.6) is 5.75 Å². The number of carbonyl (C=O) groups is 2. The standard InChI is InChI=1S/C25H20BrN3O3S2/c1-32-20-10-4-17(5-11-20)24(31)27-19-8-12-21(13-9-19)33-15-23(30)29-25-28-22(14-34-25)16-2-6-18(26)7-3-16/h2-14H,15H2,1H3,(H,27,31)(H,28,29,30). The normalized spacial score (nSPS) is 10.5. The second kappa shape index (κ2) is 11.3. The van der Waals surface area contributed by atoms with Gasteiger partial charge >= 0.3 is 0 Å². The van der Waals surface area contributed by atoms with Crippen LogP contribution in [0.3, 0.4) is 0 Å². The van der Waals surface area contributed by atoms with Crippen molar-refractivity contribution in [1.29, 1.82) is 0 Å². The van der Waals surface area contributed by atoms with Crippen molar-refractivity contribution < 1.29 is 14.3 Å². The van der Waals surface area contributed by atoms with Crippen LogP contribution in [-0.4, -0.2) is 29.7 Å². The smallest absolute Gasteiger partial charge is 0.255 e. The maximum absolute atomic E-state index is 12.4. The number of nitrogens with one attached hydrogen (secondary N) is 2. The van der Waals surface area contributed by atoms with Gasteiger partial charge in [0.2, 0.25) is 5.91 Å². The summed E-state index contributed by atoms with van der Waals surface area (Å²) in [6.07, 6.45) is 0. The van der Waals surface area contributed by atoms with Crippen molar-refractivity contribution in [1.82, 2.24) is 4.98 Å². The predicted molar refractivity (Wildman–Crippen MR) is 142 cm³/mol. The molecule has 2 amide bonds. The molecule has 0 saturated heterocycles. The van der Waals surface area contributed by atoms with E-state index in [2.05, 4.69) is 31.5 Å². The van der Waals surface area contributed by atoms with Gasteiger partial charge < -0.3 is 15.4 Å². The summed E-state index contributed by atoms with van der Waals surface area (Å²) >= 11 is 6.23. The molecule has 9 heteroatoms. The van der Waals surface area contributed by atoms with E-state index in [1.165, 1.54) is 23.1 Å². The van der Waals surface area contributed by atoms with E-state index >= 15 is 0 Å². The molecule has 0 bridgehead atoms. The first-order chi connectivity index (χ1) is 16.5. The van der Waals surface area contributed by atoms with Gasteiger partial charge in [-0.25, -0.2) is 4.98 Å². The number of amides is 2. The number of anilines is 2. The fraction of sp³-hybridized carbons (Fsp3) is 0.0800. The number of benzene rings is 3. The Kier molecular flexibility index (Phi) is 7.99. The molecule has 0 unspecified atom stereocenters. The van der Waals surface area contributed by atoms with E-state index in [1.54, 1.807) is 31.4 Å². The SMILES string of the molecule is COc1ccc(C(=O)Nc2ccc(SCC(=O)Nc3nc(-c4ccc(Br)cc4)cs3)cc2)cc1. The average molecular weight is 554 g/mol. The number of hydrogen-bond acceptors (Lipinski definition) is 6. The number of hydrogen-bond donors (Lipinski definition) is 2. The first-order valence-corrected chi connectivity index (χ1v) is 12.9. The molecule has 4 rings (SSSR count). The van der Waals surface area contributed by atoms with Gasteiger partial charge in [0.25, 0.3) is 5.91 Å². The van der Waals surface area contributed by atoms with Crippen LogP contribution in [0.1, 0.15) is 10.4 Å². The third-order valence-corrected chi connectivity index (χ3v) is 7.02. The van der Waals surface area contributed by atoms with Crippen LogP contribution in [0, 0.1) is 0 Å². The van der Waals surface area contributed by atoms with Gasteiger partial charge in [-0.2, -0.15) is 0 Å². The molecule has 0 aliphatic carbocycles. The van der Waals surface area contributed by atoms with E-state index in [4.69, 9.17) is 4.74 Å². The molecule has 172 valence electrons. The molecular formula is C25H20BrN3O3S2. The molecule has 4 aromatic rings. The first-order valence-electron chi connectivity index (χ1n) is 10.2. The maximum Gasteiger partial charge on any atom is 0.255 e. The zero-order valence-electron chi connectivity index (χ0n) is 18.1. The lowest BCUT2D eigenvalue weighted by Crippen LogP contribution is -2.13. The van der Waals surface area contributed by atoms with Crippen LogP contribution >= 0.6 is 39.0 Å². The van der Waals surface area contributed by atoms with E-state index in [0.29, 0.717) is 22.1 Å². The van der Waals surface area contributed by atoms with Crippen LogP contribution in [0.2, 0.25) is 0 Å². The third kappa shape index (κ3) is 6.47. The van der Waals surface area contributed by atoms with Crippen molar-refractivity contribution in [3.05, 3.63) is 88.2 Å². The van der Waals surface area contributed by atoms with Gasteiger partial charge in [-0.3, -0.25) is 9.59 Å². The molecule has 6 nitrogen and oxygen atoms in total. The van der Waals surface area contributed by atoms with Crippen molar-refractivity contribution in [2.24, 2.45) is 0 Å². The van der Waals surface area contributed by atoms with Gasteiger partial charge in [0.15, 0.2) is 5.13 Å². The van der Waals surface area contributed by atoms with E-state index < -0.39 is 0 Å². The molecule has 1 heterocycles. The fourth-order valence-electron chi connectivity index (χ4n) is 2.97. The van der Waals surface area contributed by atoms with Crippen LogP contribution in [0.25, 0.3) is 11.3 Å². The van der Waals surface area contributed by atoms with E-state index in [-0.39, 0.29) is 17.6 Å². The molecule has 0 fully saturated rings. The molecule has 3 aromatic carbocycles. The Balaban J connectivity index is 1.26. The summed E-state index contributed by atoms with van der Waals surface area (Å²) in [4.78, 5) is 30.1. The predicted octanol–water partition coefficient (Wildman–Crippen LogP) is 6.56. The Morgan fingerprint density at radius 2 is 1.68 bits per heavy atom. The van der Waals surface area contributed by atoms with E-state index in [0.717, 1.165) is 20.6 Å². The monoisotopic (exact) mass is 553 g/mol. The van der Waals surface area contributed by atoms with Crippen molar-refractivity contribution >= 4 is 61.7 Å². The van der Waals surface area contributed by atoms with Gasteiger partial charge in [0.1, 0.15) is 5.75 Å². The van der Waals surface area contributed by atoms with Crippen LogP contribution in [0.4, 0.5) is 10.8 Å². The number of nitrogens with zero attached hydrogens (tertiary/aromatic N) is 1. The average Bonchev–Trinajstić information content (AvgIpc) is 3.32. The number of ether oxygens (including phenoxy) is 1. The number of aromatic nitrogens is 1. The minimum absolute atomic E-state index is 0.126. The zero-order chi connectivity index (χ0) is 23.9. The van der Waals surface area contributed by atoms with Crippen LogP contribution in [0.15, 0.2) is 87.5 Å². The summed E-state index contributed by atoms with van der Waals surface area (Å²) in [7, 11) is 1.58. The van der Waals surface area contributed by atoms with E-state index in [9.17, 15) is 9.59 Å². The number of rotatable bonds is 8. The van der Waals surface area contributed by atoms with Crippen molar-refractivity contribution in [3.63, 3.8) is 0 Å². The summed E-state index contributed by atoms with van der Waals surface area (Å²) in [5, 5.41) is 8.20. The number of thioether (sulfide) groups is 1. The Morgan fingerprint density at radius 3 is 2.35 bits per heavy atom. The number of thiazole rings is 1. The highest BCUT2D eigenvalue weighted by Gasteiger charge is 2.10. The molecule has 2 N–H and O–H groups in total. The minimum atomic E-state index is -0.201.